The van der Waals surface area contributed by atoms with Crippen molar-refractivity contribution in [3.63, 3.8) is 0 Å². The number of nitrogens with one attached hydrogen (secondary N) is 1. The third kappa shape index (κ3) is 4.47. The van der Waals surface area contributed by atoms with Gasteiger partial charge in [-0.05, 0) is 66.2 Å². The summed E-state index contributed by atoms with van der Waals surface area (Å²) >= 11 is 0. The third-order valence-corrected chi connectivity index (χ3v) is 6.36. The molecule has 6 nitrogen and oxygen atoms in total. The summed E-state index contributed by atoms with van der Waals surface area (Å²) in [7, 11) is -2.56. The van der Waals surface area contributed by atoms with E-state index in [4.69, 9.17) is 9.15 Å². The Labute approximate surface area is 183 Å². The van der Waals surface area contributed by atoms with Gasteiger partial charge in [0.15, 0.2) is 0 Å². The Morgan fingerprint density at radius 3 is 2.09 bits per heavy atom. The van der Waals surface area contributed by atoms with Gasteiger partial charge >= 0.3 is 0 Å². The van der Waals surface area contributed by atoms with Gasteiger partial charge in [0.25, 0.3) is 0 Å². The number of hydrogen-bond acceptors (Lipinski definition) is 6. The summed E-state index contributed by atoms with van der Waals surface area (Å²) in [4.78, 5) is 4.03. The van der Waals surface area contributed by atoms with E-state index in [0.29, 0.717) is 11.3 Å². The molecular formula is C23H18F2N2O4S. The Bertz CT molecular complexity index is 1320. The van der Waals surface area contributed by atoms with Crippen LogP contribution in [-0.2, 0) is 16.4 Å². The van der Waals surface area contributed by atoms with Crippen LogP contribution in [0.25, 0.3) is 11.5 Å². The predicted octanol–water partition coefficient (Wildman–Crippen LogP) is 5.07. The topological polar surface area (TPSA) is 81.4 Å². The van der Waals surface area contributed by atoms with Gasteiger partial charge in [0.2, 0.25) is 26.6 Å². The van der Waals surface area contributed by atoms with Gasteiger partial charge < -0.3 is 14.5 Å². The molecule has 4 aromatic rings. The molecule has 1 aromatic heterocycles. The van der Waals surface area contributed by atoms with Crippen molar-refractivity contribution >= 4 is 15.7 Å². The van der Waals surface area contributed by atoms with E-state index >= 15 is 0 Å². The molecular weight excluding hydrogens is 438 g/mol. The second-order valence-corrected chi connectivity index (χ2v) is 8.68. The highest BCUT2D eigenvalue weighted by Gasteiger charge is 2.28. The van der Waals surface area contributed by atoms with Crippen molar-refractivity contribution in [1.29, 1.82) is 0 Å². The van der Waals surface area contributed by atoms with E-state index in [0.717, 1.165) is 29.8 Å². The Morgan fingerprint density at radius 2 is 1.50 bits per heavy atom. The van der Waals surface area contributed by atoms with Crippen LogP contribution in [0.3, 0.4) is 0 Å². The molecule has 0 aliphatic rings. The lowest BCUT2D eigenvalue weighted by molar-refractivity contribution is 0.414. The van der Waals surface area contributed by atoms with E-state index in [-0.39, 0.29) is 28.2 Å². The smallest absolute Gasteiger partial charge is 0.234 e. The maximum Gasteiger partial charge on any atom is 0.234 e. The molecule has 9 heteroatoms. The minimum absolute atomic E-state index is 0.00270. The lowest BCUT2D eigenvalue weighted by atomic mass is 10.2. The molecule has 32 heavy (non-hydrogen) atoms. The van der Waals surface area contributed by atoms with Crippen LogP contribution in [-0.4, -0.2) is 20.5 Å². The lowest BCUT2D eigenvalue weighted by Gasteiger charge is -2.07. The molecule has 0 unspecified atom stereocenters. The maximum absolute atomic E-state index is 13.3. The van der Waals surface area contributed by atoms with E-state index < -0.39 is 21.5 Å². The monoisotopic (exact) mass is 456 g/mol. The molecule has 0 fully saturated rings. The van der Waals surface area contributed by atoms with Gasteiger partial charge in [0, 0.05) is 12.1 Å². The van der Waals surface area contributed by atoms with E-state index in [9.17, 15) is 17.2 Å². The molecule has 0 bridgehead atoms. The van der Waals surface area contributed by atoms with E-state index in [1.807, 2.05) is 12.1 Å². The molecule has 164 valence electrons. The van der Waals surface area contributed by atoms with Crippen LogP contribution in [0.4, 0.5) is 14.7 Å². The largest absolute Gasteiger partial charge is 0.497 e. The molecule has 0 amide bonds. The molecule has 0 atom stereocenters. The first kappa shape index (κ1) is 21.5. The molecule has 0 aliphatic heterocycles. The molecule has 0 saturated carbocycles. The molecule has 0 spiro atoms. The van der Waals surface area contributed by atoms with Gasteiger partial charge in [0.05, 0.1) is 12.0 Å². The molecule has 3 aromatic carbocycles. The summed E-state index contributed by atoms with van der Waals surface area (Å²) in [5.41, 5.74) is 1.25. The first-order valence-corrected chi connectivity index (χ1v) is 11.0. The number of benzene rings is 3. The summed E-state index contributed by atoms with van der Waals surface area (Å²) in [6.45, 7) is 0.244. The van der Waals surface area contributed by atoms with Crippen LogP contribution in [0.5, 0.6) is 5.75 Å². The number of rotatable bonds is 7. The van der Waals surface area contributed by atoms with E-state index in [2.05, 4.69) is 10.3 Å². The summed E-state index contributed by atoms with van der Waals surface area (Å²) in [5.74, 6) is -0.398. The third-order valence-electron chi connectivity index (χ3n) is 4.68. The number of methoxy groups -OCH3 is 1. The molecule has 1 heterocycles. The normalized spacial score (nSPS) is 11.3. The number of sulfone groups is 1. The number of anilines is 1. The first-order valence-electron chi connectivity index (χ1n) is 9.51. The van der Waals surface area contributed by atoms with Crippen molar-refractivity contribution in [2.45, 2.75) is 16.5 Å². The maximum atomic E-state index is 13.3. The summed E-state index contributed by atoms with van der Waals surface area (Å²) in [6.07, 6.45) is 0. The fourth-order valence-electron chi connectivity index (χ4n) is 2.97. The fourth-order valence-corrected chi connectivity index (χ4v) is 4.25. The van der Waals surface area contributed by atoms with Crippen molar-refractivity contribution in [2.75, 3.05) is 12.4 Å². The Hall–Kier alpha value is -3.72. The molecule has 0 aliphatic carbocycles. The standard InChI is InChI=1S/C23H18F2N2O4S/c1-30-19-10-2-15(3-11-19)14-26-22-23(32(28,29)20-12-8-18(25)9-13-20)27-21(31-22)16-4-6-17(24)7-5-16/h2-13,26H,14H2,1H3. The molecule has 4 rings (SSSR count). The van der Waals surface area contributed by atoms with Crippen molar-refractivity contribution < 1.29 is 26.4 Å². The van der Waals surface area contributed by atoms with Gasteiger partial charge in [-0.3, -0.25) is 0 Å². The van der Waals surface area contributed by atoms with Crippen molar-refractivity contribution in [1.82, 2.24) is 4.98 Å². The minimum Gasteiger partial charge on any atom is -0.497 e. The average molecular weight is 456 g/mol. The van der Waals surface area contributed by atoms with E-state index in [1.165, 1.54) is 24.3 Å². The van der Waals surface area contributed by atoms with Crippen LogP contribution < -0.4 is 10.1 Å². The number of oxazole rings is 1. The average Bonchev–Trinajstić information content (AvgIpc) is 3.24. The highest BCUT2D eigenvalue weighted by Crippen LogP contribution is 2.33. The summed E-state index contributed by atoms with van der Waals surface area (Å²) in [6, 6.07) is 16.9. The number of aromatic nitrogens is 1. The fraction of sp³-hybridized carbons (Fsp3) is 0.0870. The molecule has 0 radical (unpaired) electrons. The Morgan fingerprint density at radius 1 is 0.906 bits per heavy atom. The molecule has 0 saturated heterocycles. The Kier molecular flexibility index (Phi) is 5.91. The first-order chi connectivity index (χ1) is 15.4. The van der Waals surface area contributed by atoms with Crippen molar-refractivity contribution in [3.05, 3.63) is 90.0 Å². The second kappa shape index (κ2) is 8.80. The van der Waals surface area contributed by atoms with Gasteiger partial charge in [0.1, 0.15) is 17.4 Å². The zero-order valence-electron chi connectivity index (χ0n) is 16.9. The van der Waals surface area contributed by atoms with Crippen molar-refractivity contribution in [2.24, 2.45) is 0 Å². The predicted molar refractivity (Wildman–Crippen MR) is 114 cm³/mol. The van der Waals surface area contributed by atoms with Gasteiger partial charge in [-0.1, -0.05) is 12.1 Å². The van der Waals surface area contributed by atoms with Crippen LogP contribution in [0.1, 0.15) is 5.56 Å². The summed E-state index contributed by atoms with van der Waals surface area (Å²) in [5, 5.41) is 2.61. The lowest BCUT2D eigenvalue weighted by Crippen LogP contribution is -2.07. The van der Waals surface area contributed by atoms with Crippen molar-refractivity contribution in [3.8, 4) is 17.2 Å². The van der Waals surface area contributed by atoms with Crippen LogP contribution in [0.2, 0.25) is 0 Å². The highest BCUT2D eigenvalue weighted by molar-refractivity contribution is 7.91. The van der Waals surface area contributed by atoms with Crippen LogP contribution in [0.15, 0.2) is 87.1 Å². The summed E-state index contributed by atoms with van der Waals surface area (Å²) < 4.78 is 63.8. The minimum atomic E-state index is -4.12. The zero-order chi connectivity index (χ0) is 22.7. The van der Waals surface area contributed by atoms with Crippen LogP contribution in [0, 0.1) is 11.6 Å². The highest BCUT2D eigenvalue weighted by atomic mass is 32.2. The van der Waals surface area contributed by atoms with Crippen LogP contribution >= 0.6 is 0 Å². The van der Waals surface area contributed by atoms with Gasteiger partial charge in [-0.25, -0.2) is 17.2 Å². The number of halogens is 2. The number of ether oxygens (including phenoxy) is 1. The van der Waals surface area contributed by atoms with Gasteiger partial charge in [-0.15, -0.1) is 0 Å². The number of hydrogen-bond donors (Lipinski definition) is 1. The van der Waals surface area contributed by atoms with Gasteiger partial charge in [-0.2, -0.15) is 4.98 Å². The number of nitrogens with zero attached hydrogens (tertiary/aromatic N) is 1. The zero-order valence-corrected chi connectivity index (χ0v) is 17.7. The van der Waals surface area contributed by atoms with E-state index in [1.54, 1.807) is 19.2 Å². The second-order valence-electron chi connectivity index (χ2n) is 6.82. The SMILES string of the molecule is COc1ccc(CNc2oc(-c3ccc(F)cc3)nc2S(=O)(=O)c2ccc(F)cc2)cc1. The Balaban J connectivity index is 1.72. The quantitative estimate of drug-likeness (QED) is 0.391. The molecule has 1 N–H and O–H groups in total.